The van der Waals surface area contributed by atoms with Crippen LogP contribution in [0.1, 0.15) is 50.5 Å². The molecule has 0 aliphatic rings. The fourth-order valence-corrected chi connectivity index (χ4v) is 6.44. The first-order valence-electron chi connectivity index (χ1n) is 13.5. The summed E-state index contributed by atoms with van der Waals surface area (Å²) in [6, 6.07) is 29.6. The maximum atomic E-state index is 12.8. The molecule has 220 valence electrons. The molecular formula is C35H32O5S3. The molecule has 5 nitrogen and oxygen atoms in total. The number of benzene rings is 4. The monoisotopic (exact) mass is 628 g/mol. The van der Waals surface area contributed by atoms with Gasteiger partial charge in [-0.2, -0.15) is 0 Å². The lowest BCUT2D eigenvalue weighted by Gasteiger charge is -2.17. The van der Waals surface area contributed by atoms with Crippen LogP contribution in [0.15, 0.2) is 128 Å². The molecule has 0 fully saturated rings. The number of ketones is 1. The summed E-state index contributed by atoms with van der Waals surface area (Å²) < 4.78 is 10.6. The van der Waals surface area contributed by atoms with Gasteiger partial charge in [-0.3, -0.25) is 9.59 Å². The highest BCUT2D eigenvalue weighted by atomic mass is 32.2. The fraction of sp³-hybridized carbons (Fsp3) is 0.171. The van der Waals surface area contributed by atoms with Gasteiger partial charge in [0.25, 0.3) is 0 Å². The Labute approximate surface area is 265 Å². The van der Waals surface area contributed by atoms with E-state index in [0.717, 1.165) is 14.7 Å². The normalized spacial score (nSPS) is 11.6. The molecule has 0 atom stereocenters. The third-order valence-corrected chi connectivity index (χ3v) is 8.70. The van der Waals surface area contributed by atoms with Gasteiger partial charge in [-0.25, -0.2) is 4.79 Å². The van der Waals surface area contributed by atoms with Crippen molar-refractivity contribution in [1.82, 2.24) is 0 Å². The third-order valence-electron chi connectivity index (χ3n) is 5.62. The minimum absolute atomic E-state index is 0.184. The van der Waals surface area contributed by atoms with Gasteiger partial charge in [0.2, 0.25) is 0 Å². The van der Waals surface area contributed by atoms with E-state index < -0.39 is 11.9 Å². The smallest absolute Gasteiger partial charge is 0.336 e. The summed E-state index contributed by atoms with van der Waals surface area (Å²) in [6.07, 6.45) is 1.45. The average molecular weight is 629 g/mol. The minimum atomic E-state index is -0.495. The van der Waals surface area contributed by atoms with Crippen LogP contribution < -0.4 is 9.47 Å². The van der Waals surface area contributed by atoms with Gasteiger partial charge in [0.05, 0.1) is 0 Å². The standard InChI is InChI=1S/C35H32O5S3/c1-23(41-29-14-16-30(17-15-29)42-31-18-20-32(21-19-31)43-35(3,4)5)22-33(37)40-28-12-8-26(9-13-28)34(38)25-6-10-27(11-7-25)39-24(2)36/h6-22H,1-5H3/b23-22+. The van der Waals surface area contributed by atoms with Gasteiger partial charge in [-0.1, -0.05) is 44.3 Å². The Bertz CT molecular complexity index is 1600. The van der Waals surface area contributed by atoms with Gasteiger partial charge >= 0.3 is 11.9 Å². The number of ether oxygens (including phenoxy) is 2. The van der Waals surface area contributed by atoms with Crippen LogP contribution in [0.25, 0.3) is 0 Å². The second kappa shape index (κ2) is 14.6. The molecular weight excluding hydrogens is 597 g/mol. The summed E-state index contributed by atoms with van der Waals surface area (Å²) in [5.41, 5.74) is 0.896. The quantitative estimate of drug-likeness (QED) is 0.0566. The minimum Gasteiger partial charge on any atom is -0.427 e. The molecule has 4 rings (SSSR count). The van der Waals surface area contributed by atoms with Crippen LogP contribution in [0.3, 0.4) is 0 Å². The Morgan fingerprint density at radius 3 is 1.51 bits per heavy atom. The molecule has 0 unspecified atom stereocenters. The van der Waals surface area contributed by atoms with E-state index in [1.54, 1.807) is 60.3 Å². The largest absolute Gasteiger partial charge is 0.427 e. The first kappa shape index (κ1) is 32.2. The van der Waals surface area contributed by atoms with Crippen molar-refractivity contribution < 1.29 is 23.9 Å². The fourth-order valence-electron chi connectivity index (χ4n) is 3.85. The predicted molar refractivity (Wildman–Crippen MR) is 175 cm³/mol. The van der Waals surface area contributed by atoms with E-state index in [4.69, 9.17) is 9.47 Å². The molecule has 0 aliphatic carbocycles. The van der Waals surface area contributed by atoms with Crippen molar-refractivity contribution >= 4 is 53.0 Å². The van der Waals surface area contributed by atoms with Gasteiger partial charge < -0.3 is 9.47 Å². The average Bonchev–Trinajstić information content (AvgIpc) is 2.94. The molecule has 0 radical (unpaired) electrons. The number of rotatable bonds is 10. The van der Waals surface area contributed by atoms with E-state index in [0.29, 0.717) is 22.6 Å². The van der Waals surface area contributed by atoms with E-state index >= 15 is 0 Å². The van der Waals surface area contributed by atoms with E-state index in [1.165, 1.54) is 34.6 Å². The zero-order chi connectivity index (χ0) is 31.0. The number of carbonyl (C=O) groups excluding carboxylic acids is 3. The number of thioether (sulfide) groups is 2. The highest BCUT2D eigenvalue weighted by Crippen LogP contribution is 2.35. The van der Waals surface area contributed by atoms with Gasteiger partial charge in [-0.05, 0) is 109 Å². The highest BCUT2D eigenvalue weighted by molar-refractivity contribution is 8.03. The first-order chi connectivity index (χ1) is 20.4. The molecule has 0 amide bonds. The molecule has 0 saturated heterocycles. The summed E-state index contributed by atoms with van der Waals surface area (Å²) >= 11 is 5.06. The lowest BCUT2D eigenvalue weighted by atomic mass is 10.0. The lowest BCUT2D eigenvalue weighted by Crippen LogP contribution is -2.06. The molecule has 0 heterocycles. The van der Waals surface area contributed by atoms with Crippen LogP contribution in [0.4, 0.5) is 0 Å². The molecule has 4 aromatic rings. The van der Waals surface area contributed by atoms with Gasteiger partial charge in [0, 0.05) is 48.5 Å². The molecule has 0 aromatic heterocycles. The van der Waals surface area contributed by atoms with Crippen LogP contribution in [0, 0.1) is 0 Å². The number of esters is 2. The maximum Gasteiger partial charge on any atom is 0.336 e. The Hall–Kier alpha value is -3.72. The predicted octanol–water partition coefficient (Wildman–Crippen LogP) is 9.49. The molecule has 4 aromatic carbocycles. The molecule has 43 heavy (non-hydrogen) atoms. The van der Waals surface area contributed by atoms with Gasteiger partial charge in [0.1, 0.15) is 11.5 Å². The van der Waals surface area contributed by atoms with E-state index in [1.807, 2.05) is 30.8 Å². The molecule has 8 heteroatoms. The number of hydrogen-bond acceptors (Lipinski definition) is 8. The first-order valence-corrected chi connectivity index (χ1v) is 16.0. The number of carbonyl (C=O) groups is 3. The lowest BCUT2D eigenvalue weighted by molar-refractivity contribution is -0.132. The van der Waals surface area contributed by atoms with Crippen molar-refractivity contribution in [3.05, 3.63) is 119 Å². The molecule has 0 N–H and O–H groups in total. The summed E-state index contributed by atoms with van der Waals surface area (Å²) in [5, 5.41) is 0. The van der Waals surface area contributed by atoms with E-state index in [9.17, 15) is 14.4 Å². The van der Waals surface area contributed by atoms with Gasteiger partial charge in [0.15, 0.2) is 5.78 Å². The van der Waals surface area contributed by atoms with Crippen molar-refractivity contribution in [2.24, 2.45) is 0 Å². The Morgan fingerprint density at radius 2 is 1.05 bits per heavy atom. The van der Waals surface area contributed by atoms with Crippen molar-refractivity contribution in [3.8, 4) is 11.5 Å². The van der Waals surface area contributed by atoms with E-state index in [2.05, 4.69) is 57.2 Å². The summed E-state index contributed by atoms with van der Waals surface area (Å²) in [5.74, 6) is -0.407. The Kier molecular flexibility index (Phi) is 11.0. The van der Waals surface area contributed by atoms with Gasteiger partial charge in [-0.15, -0.1) is 11.8 Å². The van der Waals surface area contributed by atoms with Crippen molar-refractivity contribution in [2.75, 3.05) is 0 Å². The van der Waals surface area contributed by atoms with Crippen LogP contribution in [0.2, 0.25) is 0 Å². The van der Waals surface area contributed by atoms with Crippen LogP contribution in [-0.2, 0) is 9.59 Å². The summed E-state index contributed by atoms with van der Waals surface area (Å²) in [7, 11) is 0. The number of hydrogen-bond donors (Lipinski definition) is 0. The maximum absolute atomic E-state index is 12.8. The van der Waals surface area contributed by atoms with Crippen molar-refractivity contribution in [3.63, 3.8) is 0 Å². The molecule has 0 spiro atoms. The summed E-state index contributed by atoms with van der Waals surface area (Å²) in [6.45, 7) is 9.81. The van der Waals surface area contributed by atoms with Crippen LogP contribution >= 0.6 is 35.3 Å². The zero-order valence-electron chi connectivity index (χ0n) is 24.6. The second-order valence-electron chi connectivity index (χ2n) is 10.5. The summed E-state index contributed by atoms with van der Waals surface area (Å²) in [4.78, 5) is 41.7. The molecule has 0 saturated carbocycles. The molecule has 0 bridgehead atoms. The van der Waals surface area contributed by atoms with Crippen LogP contribution in [-0.4, -0.2) is 22.5 Å². The SMILES string of the molecule is CC(=O)Oc1ccc(C(=O)c2ccc(OC(=O)/C=C(\C)Sc3ccc(Sc4ccc(SC(C)(C)C)cc4)cc3)cc2)cc1. The third kappa shape index (κ3) is 10.5. The Balaban J connectivity index is 1.28. The second-order valence-corrected chi connectivity index (χ2v) is 14.9. The highest BCUT2D eigenvalue weighted by Gasteiger charge is 2.13. The zero-order valence-corrected chi connectivity index (χ0v) is 27.0. The van der Waals surface area contributed by atoms with Crippen molar-refractivity contribution in [2.45, 2.75) is 58.9 Å². The van der Waals surface area contributed by atoms with Crippen molar-refractivity contribution in [1.29, 1.82) is 0 Å². The van der Waals surface area contributed by atoms with Crippen LogP contribution in [0.5, 0.6) is 11.5 Å². The topological polar surface area (TPSA) is 69.7 Å². The number of allylic oxidation sites excluding steroid dienone is 1. The van der Waals surface area contributed by atoms with E-state index in [-0.39, 0.29) is 10.5 Å². The molecule has 0 aliphatic heterocycles. The Morgan fingerprint density at radius 1 is 0.605 bits per heavy atom.